The van der Waals surface area contributed by atoms with E-state index in [4.69, 9.17) is 21.1 Å². The van der Waals surface area contributed by atoms with E-state index in [9.17, 15) is 0 Å². The SMILES string of the molecule is CCCCCCCOc1ccc(OCCCCC(Cl)CC)c2ccccc12. The fourth-order valence-electron chi connectivity index (χ4n) is 3.24. The second-order valence-corrected chi connectivity index (χ2v) is 7.84. The van der Waals surface area contributed by atoms with E-state index >= 15 is 0 Å². The number of alkyl halides is 1. The van der Waals surface area contributed by atoms with Gasteiger partial charge in [-0.15, -0.1) is 11.6 Å². The number of unbranched alkanes of at least 4 members (excludes halogenated alkanes) is 5. The molecule has 2 rings (SSSR count). The van der Waals surface area contributed by atoms with Gasteiger partial charge < -0.3 is 9.47 Å². The van der Waals surface area contributed by atoms with Gasteiger partial charge in [-0.05, 0) is 44.2 Å². The molecule has 150 valence electrons. The van der Waals surface area contributed by atoms with Gasteiger partial charge >= 0.3 is 0 Å². The summed E-state index contributed by atoms with van der Waals surface area (Å²) in [6.07, 6.45) is 10.5. The van der Waals surface area contributed by atoms with Crippen LogP contribution in [0.15, 0.2) is 36.4 Å². The molecular weight excluding hydrogens is 356 g/mol. The van der Waals surface area contributed by atoms with Crippen molar-refractivity contribution in [3.05, 3.63) is 36.4 Å². The molecule has 0 aliphatic rings. The van der Waals surface area contributed by atoms with E-state index in [2.05, 4.69) is 44.2 Å². The smallest absolute Gasteiger partial charge is 0.127 e. The minimum absolute atomic E-state index is 0.296. The predicted molar refractivity (Wildman–Crippen MR) is 117 cm³/mol. The molecule has 0 radical (unpaired) electrons. The van der Waals surface area contributed by atoms with Crippen molar-refractivity contribution in [2.75, 3.05) is 13.2 Å². The Labute approximate surface area is 170 Å². The average molecular weight is 391 g/mol. The molecule has 0 saturated carbocycles. The fraction of sp³-hybridized carbons (Fsp3) is 0.583. The summed E-state index contributed by atoms with van der Waals surface area (Å²) in [7, 11) is 0. The van der Waals surface area contributed by atoms with E-state index < -0.39 is 0 Å². The molecule has 2 aromatic carbocycles. The van der Waals surface area contributed by atoms with Crippen LogP contribution < -0.4 is 9.47 Å². The quantitative estimate of drug-likeness (QED) is 0.242. The molecule has 0 saturated heterocycles. The highest BCUT2D eigenvalue weighted by Gasteiger charge is 2.08. The van der Waals surface area contributed by atoms with E-state index in [1.807, 2.05) is 6.07 Å². The summed E-state index contributed by atoms with van der Waals surface area (Å²) in [6.45, 7) is 5.89. The van der Waals surface area contributed by atoms with Gasteiger partial charge in [0, 0.05) is 16.1 Å². The summed E-state index contributed by atoms with van der Waals surface area (Å²) >= 11 is 6.18. The van der Waals surface area contributed by atoms with Crippen molar-refractivity contribution in [2.45, 2.75) is 77.0 Å². The fourth-order valence-corrected chi connectivity index (χ4v) is 3.39. The van der Waals surface area contributed by atoms with Gasteiger partial charge in [0.25, 0.3) is 0 Å². The van der Waals surface area contributed by atoms with Crippen LogP contribution in [0.5, 0.6) is 11.5 Å². The Hall–Kier alpha value is -1.41. The van der Waals surface area contributed by atoms with E-state index in [-0.39, 0.29) is 0 Å². The molecule has 0 amide bonds. The summed E-state index contributed by atoms with van der Waals surface area (Å²) in [6, 6.07) is 12.5. The number of ether oxygens (including phenoxy) is 2. The van der Waals surface area contributed by atoms with Gasteiger partial charge in [0.15, 0.2) is 0 Å². The van der Waals surface area contributed by atoms with Gasteiger partial charge in [0.2, 0.25) is 0 Å². The minimum atomic E-state index is 0.296. The molecule has 27 heavy (non-hydrogen) atoms. The molecule has 2 aromatic rings. The van der Waals surface area contributed by atoms with Gasteiger partial charge in [-0.2, -0.15) is 0 Å². The predicted octanol–water partition coefficient (Wildman–Crippen LogP) is 7.76. The number of hydrogen-bond acceptors (Lipinski definition) is 2. The molecule has 0 N–H and O–H groups in total. The lowest BCUT2D eigenvalue weighted by molar-refractivity contribution is 0.301. The molecule has 3 heteroatoms. The van der Waals surface area contributed by atoms with Gasteiger partial charge in [0.05, 0.1) is 13.2 Å². The van der Waals surface area contributed by atoms with Crippen LogP contribution in [0.1, 0.15) is 71.6 Å². The second-order valence-electron chi connectivity index (χ2n) is 7.22. The van der Waals surface area contributed by atoms with Gasteiger partial charge in [-0.25, -0.2) is 0 Å². The van der Waals surface area contributed by atoms with Crippen LogP contribution in [-0.2, 0) is 0 Å². The maximum Gasteiger partial charge on any atom is 0.127 e. The molecule has 0 aromatic heterocycles. The number of hydrogen-bond donors (Lipinski definition) is 0. The lowest BCUT2D eigenvalue weighted by Crippen LogP contribution is -2.02. The first-order chi connectivity index (χ1) is 13.3. The van der Waals surface area contributed by atoms with Crippen LogP contribution in [0.2, 0.25) is 0 Å². The zero-order chi connectivity index (χ0) is 19.3. The van der Waals surface area contributed by atoms with Crippen molar-refractivity contribution in [3.63, 3.8) is 0 Å². The van der Waals surface area contributed by atoms with Crippen LogP contribution in [0, 0.1) is 0 Å². The first kappa shape index (κ1) is 21.9. The van der Waals surface area contributed by atoms with E-state index in [1.54, 1.807) is 0 Å². The zero-order valence-corrected chi connectivity index (χ0v) is 17.8. The molecule has 0 aliphatic heterocycles. The second kappa shape index (κ2) is 12.9. The highest BCUT2D eigenvalue weighted by Crippen LogP contribution is 2.33. The first-order valence-electron chi connectivity index (χ1n) is 10.7. The number of rotatable bonds is 14. The standard InChI is InChI=1S/C24H35ClO2/c1-3-5-6-7-11-18-26-23-16-17-24(22-15-9-8-14-21(22)23)27-19-12-10-13-20(25)4-2/h8-9,14-17,20H,3-7,10-13,18-19H2,1-2H3. The third-order valence-electron chi connectivity index (χ3n) is 4.96. The van der Waals surface area contributed by atoms with Crippen molar-refractivity contribution in [3.8, 4) is 11.5 Å². The Balaban J connectivity index is 1.88. The van der Waals surface area contributed by atoms with Gasteiger partial charge in [-0.1, -0.05) is 63.8 Å². The Kier molecular flexibility index (Phi) is 10.4. The van der Waals surface area contributed by atoms with Crippen LogP contribution in [0.3, 0.4) is 0 Å². The van der Waals surface area contributed by atoms with Crippen LogP contribution in [0.4, 0.5) is 0 Å². The molecule has 0 fully saturated rings. The average Bonchev–Trinajstić information content (AvgIpc) is 2.71. The molecule has 1 unspecified atom stereocenters. The highest BCUT2D eigenvalue weighted by molar-refractivity contribution is 6.20. The Morgan fingerprint density at radius 2 is 1.30 bits per heavy atom. The topological polar surface area (TPSA) is 18.5 Å². The maximum absolute atomic E-state index is 6.18. The lowest BCUT2D eigenvalue weighted by Gasteiger charge is -2.14. The maximum atomic E-state index is 6.18. The first-order valence-corrected chi connectivity index (χ1v) is 11.1. The number of benzene rings is 2. The van der Waals surface area contributed by atoms with Gasteiger partial charge in [-0.3, -0.25) is 0 Å². The molecule has 2 nitrogen and oxygen atoms in total. The van der Waals surface area contributed by atoms with Crippen molar-refractivity contribution < 1.29 is 9.47 Å². The summed E-state index contributed by atoms with van der Waals surface area (Å²) in [5.41, 5.74) is 0. The molecule has 1 atom stereocenters. The molecule has 0 bridgehead atoms. The molecule has 0 aliphatic carbocycles. The largest absolute Gasteiger partial charge is 0.493 e. The Morgan fingerprint density at radius 3 is 1.85 bits per heavy atom. The van der Waals surface area contributed by atoms with Crippen LogP contribution >= 0.6 is 11.6 Å². The van der Waals surface area contributed by atoms with E-state index in [1.165, 1.54) is 25.7 Å². The van der Waals surface area contributed by atoms with Crippen molar-refractivity contribution >= 4 is 22.4 Å². The summed E-state index contributed by atoms with van der Waals surface area (Å²) in [5.74, 6) is 1.90. The van der Waals surface area contributed by atoms with Crippen LogP contribution in [-0.4, -0.2) is 18.6 Å². The van der Waals surface area contributed by atoms with Crippen molar-refractivity contribution in [2.24, 2.45) is 0 Å². The molecule has 0 spiro atoms. The third kappa shape index (κ3) is 7.62. The zero-order valence-electron chi connectivity index (χ0n) is 17.0. The number of fused-ring (bicyclic) bond motifs is 1. The third-order valence-corrected chi connectivity index (χ3v) is 5.49. The highest BCUT2D eigenvalue weighted by atomic mass is 35.5. The van der Waals surface area contributed by atoms with Crippen LogP contribution in [0.25, 0.3) is 10.8 Å². The molecule has 0 heterocycles. The van der Waals surface area contributed by atoms with Crippen molar-refractivity contribution in [1.82, 2.24) is 0 Å². The normalized spacial score (nSPS) is 12.3. The monoisotopic (exact) mass is 390 g/mol. The van der Waals surface area contributed by atoms with Crippen molar-refractivity contribution in [1.29, 1.82) is 0 Å². The van der Waals surface area contributed by atoms with E-state index in [0.717, 1.165) is 67.6 Å². The summed E-state index contributed by atoms with van der Waals surface area (Å²) < 4.78 is 12.1. The number of halogens is 1. The lowest BCUT2D eigenvalue weighted by atomic mass is 10.1. The summed E-state index contributed by atoms with van der Waals surface area (Å²) in [5, 5.41) is 2.56. The molecular formula is C24H35ClO2. The minimum Gasteiger partial charge on any atom is -0.493 e. The Bertz CT molecular complexity index is 656. The van der Waals surface area contributed by atoms with Gasteiger partial charge in [0.1, 0.15) is 11.5 Å². The summed E-state index contributed by atoms with van der Waals surface area (Å²) in [4.78, 5) is 0. The van der Waals surface area contributed by atoms with E-state index in [0.29, 0.717) is 5.38 Å². The Morgan fingerprint density at radius 1 is 0.741 bits per heavy atom.